The zero-order valence-electron chi connectivity index (χ0n) is 12.8. The highest BCUT2D eigenvalue weighted by Crippen LogP contribution is 2.26. The molecule has 122 valence electrons. The highest BCUT2D eigenvalue weighted by molar-refractivity contribution is 5.76. The van der Waals surface area contributed by atoms with Gasteiger partial charge in [0, 0.05) is 25.6 Å². The summed E-state index contributed by atoms with van der Waals surface area (Å²) in [7, 11) is 0. The Labute approximate surface area is 132 Å². The van der Waals surface area contributed by atoms with Crippen molar-refractivity contribution in [3.8, 4) is 0 Å². The van der Waals surface area contributed by atoms with Gasteiger partial charge >= 0.3 is 0 Å². The molecule has 0 unspecified atom stereocenters. The van der Waals surface area contributed by atoms with E-state index in [0.29, 0.717) is 30.4 Å². The Morgan fingerprint density at radius 3 is 2.96 bits per heavy atom. The predicted octanol–water partition coefficient (Wildman–Crippen LogP) is 2.60. The van der Waals surface area contributed by atoms with Crippen LogP contribution in [0, 0.1) is 18.6 Å². The van der Waals surface area contributed by atoms with Crippen molar-refractivity contribution < 1.29 is 18.1 Å². The van der Waals surface area contributed by atoms with Crippen LogP contribution in [0.25, 0.3) is 0 Å². The first-order valence-electron chi connectivity index (χ1n) is 7.55. The maximum Gasteiger partial charge on any atom is 0.231 e. The van der Waals surface area contributed by atoms with Gasteiger partial charge in [0.1, 0.15) is 11.6 Å². The summed E-state index contributed by atoms with van der Waals surface area (Å²) in [5.41, 5.74) is 0.350. The van der Waals surface area contributed by atoms with Crippen LogP contribution in [0.3, 0.4) is 0 Å². The van der Waals surface area contributed by atoms with E-state index < -0.39 is 11.6 Å². The molecule has 1 atom stereocenters. The topological polar surface area (TPSA) is 59.2 Å². The Balaban J connectivity index is 1.55. The second-order valence-electron chi connectivity index (χ2n) is 5.74. The average Bonchev–Trinajstić information content (AvgIpc) is 3.14. The Morgan fingerprint density at radius 1 is 1.43 bits per heavy atom. The van der Waals surface area contributed by atoms with Gasteiger partial charge in [0.2, 0.25) is 11.8 Å². The minimum absolute atomic E-state index is 0.0486. The maximum atomic E-state index is 13.6. The molecule has 1 aromatic heterocycles. The molecule has 1 aromatic carbocycles. The van der Waals surface area contributed by atoms with E-state index in [1.165, 1.54) is 12.1 Å². The summed E-state index contributed by atoms with van der Waals surface area (Å²) in [6.45, 7) is 2.91. The first kappa shape index (κ1) is 15.6. The van der Waals surface area contributed by atoms with E-state index in [-0.39, 0.29) is 24.7 Å². The standard InChI is InChI=1S/C16H17F2N3O2/c1-10-19-16(23-20-10)12-6-7-21(9-12)15(22)5-3-11-2-4-13(17)8-14(11)18/h2,4,8,12H,3,5-7,9H2,1H3/t12-/m0/s1. The van der Waals surface area contributed by atoms with Gasteiger partial charge in [-0.2, -0.15) is 4.98 Å². The fourth-order valence-electron chi connectivity index (χ4n) is 2.79. The van der Waals surface area contributed by atoms with Gasteiger partial charge in [-0.25, -0.2) is 8.78 Å². The van der Waals surface area contributed by atoms with E-state index in [1.807, 2.05) is 0 Å². The predicted molar refractivity (Wildman–Crippen MR) is 77.7 cm³/mol. The van der Waals surface area contributed by atoms with E-state index in [1.54, 1.807) is 11.8 Å². The van der Waals surface area contributed by atoms with Gasteiger partial charge in [-0.05, 0) is 31.4 Å². The highest BCUT2D eigenvalue weighted by Gasteiger charge is 2.30. The molecule has 0 radical (unpaired) electrons. The van der Waals surface area contributed by atoms with Crippen molar-refractivity contribution in [3.05, 3.63) is 47.1 Å². The lowest BCUT2D eigenvalue weighted by molar-refractivity contribution is -0.130. The number of carbonyl (C=O) groups excluding carboxylic acids is 1. The van der Waals surface area contributed by atoms with Crippen LogP contribution in [0.1, 0.15) is 36.0 Å². The zero-order valence-corrected chi connectivity index (χ0v) is 12.8. The van der Waals surface area contributed by atoms with Crippen LogP contribution in [0.15, 0.2) is 22.7 Å². The van der Waals surface area contributed by atoms with Gasteiger partial charge in [0.05, 0.1) is 5.92 Å². The number of aromatic nitrogens is 2. The number of amides is 1. The van der Waals surface area contributed by atoms with E-state index in [4.69, 9.17) is 4.52 Å². The van der Waals surface area contributed by atoms with Crippen molar-refractivity contribution in [1.29, 1.82) is 0 Å². The fraction of sp³-hybridized carbons (Fsp3) is 0.438. The zero-order chi connectivity index (χ0) is 16.4. The molecule has 0 aliphatic carbocycles. The third-order valence-corrected chi connectivity index (χ3v) is 4.06. The maximum absolute atomic E-state index is 13.6. The second kappa shape index (κ2) is 6.44. The van der Waals surface area contributed by atoms with Crippen LogP contribution in [0.2, 0.25) is 0 Å². The molecule has 0 N–H and O–H groups in total. The Hall–Kier alpha value is -2.31. The summed E-state index contributed by atoms with van der Waals surface area (Å²) in [6, 6.07) is 3.42. The number of halogens is 2. The summed E-state index contributed by atoms with van der Waals surface area (Å²) in [4.78, 5) is 18.2. The lowest BCUT2D eigenvalue weighted by atomic mass is 10.1. The highest BCUT2D eigenvalue weighted by atomic mass is 19.1. The summed E-state index contributed by atoms with van der Waals surface area (Å²) in [6.07, 6.45) is 1.22. The molecule has 23 heavy (non-hydrogen) atoms. The molecule has 0 bridgehead atoms. The minimum Gasteiger partial charge on any atom is -0.342 e. The quantitative estimate of drug-likeness (QED) is 0.868. The molecule has 1 amide bonds. The second-order valence-corrected chi connectivity index (χ2v) is 5.74. The van der Waals surface area contributed by atoms with Crippen LogP contribution in [0.5, 0.6) is 0 Å². The van der Waals surface area contributed by atoms with E-state index in [9.17, 15) is 13.6 Å². The largest absolute Gasteiger partial charge is 0.342 e. The number of nitrogens with zero attached hydrogens (tertiary/aromatic N) is 3. The van der Waals surface area contributed by atoms with Gasteiger partial charge in [0.25, 0.3) is 0 Å². The van der Waals surface area contributed by atoms with Gasteiger partial charge in [-0.15, -0.1) is 0 Å². The normalized spacial score (nSPS) is 17.7. The van der Waals surface area contributed by atoms with Crippen LogP contribution in [-0.4, -0.2) is 34.0 Å². The van der Waals surface area contributed by atoms with Crippen LogP contribution in [-0.2, 0) is 11.2 Å². The van der Waals surface area contributed by atoms with Gasteiger partial charge in [-0.1, -0.05) is 11.2 Å². The fourth-order valence-corrected chi connectivity index (χ4v) is 2.79. The SMILES string of the molecule is Cc1noc([C@H]2CCN(C(=O)CCc3ccc(F)cc3F)C2)n1. The molecule has 3 rings (SSSR count). The number of rotatable bonds is 4. The van der Waals surface area contributed by atoms with E-state index in [0.717, 1.165) is 12.5 Å². The summed E-state index contributed by atoms with van der Waals surface area (Å²) >= 11 is 0. The first-order valence-corrected chi connectivity index (χ1v) is 7.55. The van der Waals surface area contributed by atoms with Crippen molar-refractivity contribution in [2.45, 2.75) is 32.1 Å². The van der Waals surface area contributed by atoms with Crippen molar-refractivity contribution >= 4 is 5.91 Å². The molecular weight excluding hydrogens is 304 g/mol. The lowest BCUT2D eigenvalue weighted by Crippen LogP contribution is -2.28. The number of hydrogen-bond donors (Lipinski definition) is 0. The molecule has 1 aliphatic rings. The van der Waals surface area contributed by atoms with Crippen molar-refractivity contribution in [3.63, 3.8) is 0 Å². The first-order chi connectivity index (χ1) is 11.0. The third kappa shape index (κ3) is 3.55. The minimum atomic E-state index is -0.616. The summed E-state index contributed by atoms with van der Waals surface area (Å²) in [5, 5.41) is 3.76. The molecule has 7 heteroatoms. The monoisotopic (exact) mass is 321 g/mol. The average molecular weight is 321 g/mol. The molecule has 0 saturated carbocycles. The van der Waals surface area contributed by atoms with E-state index >= 15 is 0 Å². The van der Waals surface area contributed by atoms with Gasteiger partial charge < -0.3 is 9.42 Å². The van der Waals surface area contributed by atoms with Crippen molar-refractivity contribution in [2.24, 2.45) is 0 Å². The molecule has 5 nitrogen and oxygen atoms in total. The molecule has 2 heterocycles. The van der Waals surface area contributed by atoms with Crippen molar-refractivity contribution in [1.82, 2.24) is 15.0 Å². The van der Waals surface area contributed by atoms with Crippen LogP contribution >= 0.6 is 0 Å². The molecule has 1 saturated heterocycles. The van der Waals surface area contributed by atoms with Gasteiger partial charge in [-0.3, -0.25) is 4.79 Å². The Morgan fingerprint density at radius 2 is 2.26 bits per heavy atom. The van der Waals surface area contributed by atoms with Crippen LogP contribution in [0.4, 0.5) is 8.78 Å². The third-order valence-electron chi connectivity index (χ3n) is 4.06. The molecule has 0 spiro atoms. The van der Waals surface area contributed by atoms with Crippen molar-refractivity contribution in [2.75, 3.05) is 13.1 Å². The summed E-state index contributed by atoms with van der Waals surface area (Å²) < 4.78 is 31.6. The Bertz CT molecular complexity index is 717. The lowest BCUT2D eigenvalue weighted by Gasteiger charge is -2.15. The smallest absolute Gasteiger partial charge is 0.231 e. The molecule has 2 aromatic rings. The van der Waals surface area contributed by atoms with E-state index in [2.05, 4.69) is 10.1 Å². The molecule has 1 fully saturated rings. The number of benzene rings is 1. The molecular formula is C16H17F2N3O2. The molecule has 1 aliphatic heterocycles. The van der Waals surface area contributed by atoms with Crippen LogP contribution < -0.4 is 0 Å². The summed E-state index contributed by atoms with van der Waals surface area (Å²) in [5.74, 6) is -0.0812. The number of aryl methyl sites for hydroxylation is 2. The van der Waals surface area contributed by atoms with Gasteiger partial charge in [0.15, 0.2) is 5.82 Å². The number of hydrogen-bond acceptors (Lipinski definition) is 4. The number of likely N-dealkylation sites (tertiary alicyclic amines) is 1. The Kier molecular flexibility index (Phi) is 4.36. The number of carbonyl (C=O) groups is 1.